The lowest BCUT2D eigenvalue weighted by Gasteiger charge is -2.18. The highest BCUT2D eigenvalue weighted by molar-refractivity contribution is 5.71. The van der Waals surface area contributed by atoms with Crippen molar-refractivity contribution in [1.29, 1.82) is 0 Å². The number of ether oxygens (including phenoxy) is 3. The Morgan fingerprint density at radius 2 is 0.485 bits per heavy atom. The summed E-state index contributed by atoms with van der Waals surface area (Å²) in [6.07, 6.45) is 66.3. The number of hydrogen-bond acceptors (Lipinski definition) is 6. The Kier molecular flexibility index (Phi) is 56.2. The molecule has 0 spiro atoms. The Hall–Kier alpha value is -1.85. The normalized spacial score (nSPS) is 12.0. The summed E-state index contributed by atoms with van der Waals surface area (Å²) in [5.41, 5.74) is 0. The molecule has 0 N–H and O–H groups in total. The van der Waals surface area contributed by atoms with Gasteiger partial charge in [0.25, 0.3) is 0 Å². The molecule has 6 heteroatoms. The molecule has 0 fully saturated rings. The molecule has 0 aromatic rings. The standard InChI is InChI=1S/C62H118O6/c1-4-7-10-13-16-19-22-25-28-31-34-37-40-43-46-49-52-55-61(64)67-58-59(57-66-60(63)54-51-48-45-42-39-36-33-30-27-24-21-18-15-12-9-6-3)68-62(65)56-53-50-47-44-41-38-35-32-29-26-23-20-17-14-11-8-5-2/h25,28,59H,4-24,26-27,29-58H2,1-3H3/b28-25-/t59-/m1/s1. The fourth-order valence-corrected chi connectivity index (χ4v) is 9.38. The van der Waals surface area contributed by atoms with Crippen molar-refractivity contribution < 1.29 is 28.6 Å². The Morgan fingerprint density at radius 1 is 0.279 bits per heavy atom. The predicted molar refractivity (Wildman–Crippen MR) is 293 cm³/mol. The van der Waals surface area contributed by atoms with Crippen molar-refractivity contribution in [1.82, 2.24) is 0 Å². The van der Waals surface area contributed by atoms with Crippen LogP contribution in [0.4, 0.5) is 0 Å². The quantitative estimate of drug-likeness (QED) is 0.0262. The fraction of sp³-hybridized carbons (Fsp3) is 0.919. The average Bonchev–Trinajstić information content (AvgIpc) is 3.34. The van der Waals surface area contributed by atoms with Crippen LogP contribution in [0, 0.1) is 0 Å². The molecule has 0 aliphatic rings. The van der Waals surface area contributed by atoms with Crippen LogP contribution in [0.1, 0.15) is 348 Å². The zero-order valence-corrected chi connectivity index (χ0v) is 46.2. The van der Waals surface area contributed by atoms with Gasteiger partial charge >= 0.3 is 17.9 Å². The van der Waals surface area contributed by atoms with Crippen molar-refractivity contribution in [3.05, 3.63) is 12.2 Å². The van der Waals surface area contributed by atoms with Gasteiger partial charge in [-0.1, -0.05) is 296 Å². The molecule has 0 aromatic carbocycles. The van der Waals surface area contributed by atoms with E-state index in [0.717, 1.165) is 57.8 Å². The van der Waals surface area contributed by atoms with Crippen LogP contribution in [0.2, 0.25) is 0 Å². The molecule has 68 heavy (non-hydrogen) atoms. The summed E-state index contributed by atoms with van der Waals surface area (Å²) in [5, 5.41) is 0. The lowest BCUT2D eigenvalue weighted by Crippen LogP contribution is -2.30. The Balaban J connectivity index is 4.31. The second-order valence-corrected chi connectivity index (χ2v) is 21.0. The molecule has 0 radical (unpaired) electrons. The van der Waals surface area contributed by atoms with E-state index in [4.69, 9.17) is 14.2 Å². The van der Waals surface area contributed by atoms with Gasteiger partial charge in [0.2, 0.25) is 0 Å². The van der Waals surface area contributed by atoms with Crippen molar-refractivity contribution >= 4 is 17.9 Å². The summed E-state index contributed by atoms with van der Waals surface area (Å²) >= 11 is 0. The summed E-state index contributed by atoms with van der Waals surface area (Å²) < 4.78 is 16.9. The first kappa shape index (κ1) is 66.2. The zero-order valence-electron chi connectivity index (χ0n) is 46.2. The minimum atomic E-state index is -0.766. The molecular weight excluding hydrogens is 841 g/mol. The first-order valence-corrected chi connectivity index (χ1v) is 30.7. The number of hydrogen-bond donors (Lipinski definition) is 0. The molecule has 0 saturated carbocycles. The predicted octanol–water partition coefficient (Wildman–Crippen LogP) is 20.5. The van der Waals surface area contributed by atoms with Crippen molar-refractivity contribution in [2.24, 2.45) is 0 Å². The van der Waals surface area contributed by atoms with E-state index >= 15 is 0 Å². The highest BCUT2D eigenvalue weighted by atomic mass is 16.6. The van der Waals surface area contributed by atoms with Crippen LogP contribution >= 0.6 is 0 Å². The first-order chi connectivity index (χ1) is 33.5. The lowest BCUT2D eigenvalue weighted by molar-refractivity contribution is -0.167. The maximum absolute atomic E-state index is 12.9. The molecule has 0 heterocycles. The second-order valence-electron chi connectivity index (χ2n) is 21.0. The lowest BCUT2D eigenvalue weighted by atomic mass is 10.0. The van der Waals surface area contributed by atoms with E-state index in [-0.39, 0.29) is 31.1 Å². The average molecular weight is 960 g/mol. The van der Waals surface area contributed by atoms with E-state index in [1.807, 2.05) is 0 Å². The molecule has 402 valence electrons. The Labute approximate surface area is 424 Å². The van der Waals surface area contributed by atoms with Crippen LogP contribution in [0.15, 0.2) is 12.2 Å². The van der Waals surface area contributed by atoms with E-state index in [1.54, 1.807) is 0 Å². The molecule has 1 atom stereocenters. The van der Waals surface area contributed by atoms with E-state index < -0.39 is 6.10 Å². The van der Waals surface area contributed by atoms with E-state index in [0.29, 0.717) is 19.3 Å². The number of carbonyl (C=O) groups excluding carboxylic acids is 3. The van der Waals surface area contributed by atoms with Gasteiger partial charge in [0.15, 0.2) is 6.10 Å². The third kappa shape index (κ3) is 55.1. The van der Waals surface area contributed by atoms with Crippen LogP contribution in [0.5, 0.6) is 0 Å². The summed E-state index contributed by atoms with van der Waals surface area (Å²) in [6, 6.07) is 0. The third-order valence-corrected chi connectivity index (χ3v) is 14.0. The van der Waals surface area contributed by atoms with Crippen LogP contribution in [0.3, 0.4) is 0 Å². The molecule has 0 aliphatic carbocycles. The Bertz CT molecular complexity index is 1060. The van der Waals surface area contributed by atoms with Gasteiger partial charge in [0.05, 0.1) is 0 Å². The van der Waals surface area contributed by atoms with Gasteiger partial charge in [-0.05, 0) is 44.9 Å². The SMILES string of the molecule is CCCCCCCC/C=C\CCCCCCCCCC(=O)OC[C@@H](COC(=O)CCCCCCCCCCCCCCCCCC)OC(=O)CCCCCCCCCCCCCCCCCCC. The number of rotatable bonds is 57. The molecular formula is C62H118O6. The van der Waals surface area contributed by atoms with Gasteiger partial charge in [-0.15, -0.1) is 0 Å². The highest BCUT2D eigenvalue weighted by Gasteiger charge is 2.19. The van der Waals surface area contributed by atoms with Gasteiger partial charge in [-0.2, -0.15) is 0 Å². The largest absolute Gasteiger partial charge is 0.462 e. The smallest absolute Gasteiger partial charge is 0.306 e. The van der Waals surface area contributed by atoms with Crippen LogP contribution in [0.25, 0.3) is 0 Å². The molecule has 0 aliphatic heterocycles. The highest BCUT2D eigenvalue weighted by Crippen LogP contribution is 2.18. The van der Waals surface area contributed by atoms with Crippen LogP contribution in [-0.4, -0.2) is 37.2 Å². The molecule has 0 rings (SSSR count). The molecule has 0 aromatic heterocycles. The summed E-state index contributed by atoms with van der Waals surface area (Å²) in [7, 11) is 0. The van der Waals surface area contributed by atoms with Crippen molar-refractivity contribution in [3.63, 3.8) is 0 Å². The minimum absolute atomic E-state index is 0.0648. The van der Waals surface area contributed by atoms with Gasteiger partial charge in [-0.3, -0.25) is 14.4 Å². The summed E-state index contributed by atoms with van der Waals surface area (Å²) in [6.45, 7) is 6.70. The van der Waals surface area contributed by atoms with E-state index in [2.05, 4.69) is 32.9 Å². The first-order valence-electron chi connectivity index (χ1n) is 30.7. The summed E-state index contributed by atoms with van der Waals surface area (Å²) in [5.74, 6) is -0.840. The fourth-order valence-electron chi connectivity index (χ4n) is 9.38. The molecule has 0 amide bonds. The molecule has 0 unspecified atom stereocenters. The maximum Gasteiger partial charge on any atom is 0.306 e. The number of carbonyl (C=O) groups is 3. The van der Waals surface area contributed by atoms with Crippen LogP contribution in [-0.2, 0) is 28.6 Å². The van der Waals surface area contributed by atoms with E-state index in [1.165, 1.54) is 250 Å². The molecule has 6 nitrogen and oxygen atoms in total. The third-order valence-electron chi connectivity index (χ3n) is 14.0. The number of unbranched alkanes of at least 4 members (excludes halogenated alkanes) is 44. The minimum Gasteiger partial charge on any atom is -0.462 e. The van der Waals surface area contributed by atoms with Gasteiger partial charge < -0.3 is 14.2 Å². The topological polar surface area (TPSA) is 78.9 Å². The second kappa shape index (κ2) is 57.7. The van der Waals surface area contributed by atoms with Crippen molar-refractivity contribution in [3.8, 4) is 0 Å². The molecule has 0 bridgehead atoms. The van der Waals surface area contributed by atoms with Crippen molar-refractivity contribution in [2.75, 3.05) is 13.2 Å². The summed E-state index contributed by atoms with van der Waals surface area (Å²) in [4.78, 5) is 38.2. The number of allylic oxidation sites excluding steroid dienone is 2. The molecule has 0 saturated heterocycles. The van der Waals surface area contributed by atoms with Gasteiger partial charge in [0.1, 0.15) is 13.2 Å². The monoisotopic (exact) mass is 959 g/mol. The Morgan fingerprint density at radius 3 is 0.735 bits per heavy atom. The maximum atomic E-state index is 12.9. The van der Waals surface area contributed by atoms with Gasteiger partial charge in [-0.25, -0.2) is 0 Å². The number of esters is 3. The van der Waals surface area contributed by atoms with E-state index in [9.17, 15) is 14.4 Å². The van der Waals surface area contributed by atoms with Gasteiger partial charge in [0, 0.05) is 19.3 Å². The van der Waals surface area contributed by atoms with Crippen molar-refractivity contribution in [2.45, 2.75) is 354 Å². The van der Waals surface area contributed by atoms with Crippen LogP contribution < -0.4 is 0 Å². The zero-order chi connectivity index (χ0) is 49.3.